The summed E-state index contributed by atoms with van der Waals surface area (Å²) >= 11 is 5.75. The van der Waals surface area contributed by atoms with Crippen molar-refractivity contribution in [2.45, 2.75) is 31.8 Å². The summed E-state index contributed by atoms with van der Waals surface area (Å²) in [7, 11) is 0. The maximum Gasteiger partial charge on any atom is 0.326 e. The molecule has 2 amide bonds. The van der Waals surface area contributed by atoms with Crippen molar-refractivity contribution in [3.63, 3.8) is 0 Å². The Balaban J connectivity index is 1.83. The molecule has 1 unspecified atom stereocenters. The molecule has 0 bridgehead atoms. The Bertz CT molecular complexity index is 1390. The normalized spacial score (nSPS) is 11.6. The van der Waals surface area contributed by atoms with E-state index in [1.54, 1.807) is 0 Å². The lowest BCUT2D eigenvalue weighted by molar-refractivity contribution is -0.140. The monoisotopic (exact) mass is 531 g/mol. The molecule has 0 radical (unpaired) electrons. The molecule has 1 aromatic carbocycles. The van der Waals surface area contributed by atoms with Crippen molar-refractivity contribution in [2.24, 2.45) is 0 Å². The molecule has 0 saturated carbocycles. The number of nitrogen functional groups attached to an aromatic ring is 1. The van der Waals surface area contributed by atoms with Crippen LogP contribution < -0.4 is 21.5 Å². The van der Waals surface area contributed by atoms with E-state index in [1.165, 1.54) is 35.4 Å². The third-order valence-electron chi connectivity index (χ3n) is 5.11. The maximum absolute atomic E-state index is 12.8. The van der Waals surface area contributed by atoms with Crippen LogP contribution in [0.1, 0.15) is 35.3 Å². The summed E-state index contributed by atoms with van der Waals surface area (Å²) in [4.78, 5) is 75.4. The van der Waals surface area contributed by atoms with Gasteiger partial charge in [-0.25, -0.2) is 14.8 Å². The molecule has 1 atom stereocenters. The number of aromatic amines is 1. The quantitative estimate of drug-likeness (QED) is 0.214. The number of carbonyl (C=O) groups excluding carboxylic acids is 2. The van der Waals surface area contributed by atoms with Gasteiger partial charge >= 0.3 is 11.9 Å². The molecular formula is C22H22ClN7O7. The minimum absolute atomic E-state index is 0.00660. The summed E-state index contributed by atoms with van der Waals surface area (Å²) < 4.78 is 0. The Morgan fingerprint density at radius 1 is 1.11 bits per heavy atom. The fraction of sp³-hybridized carbons (Fsp3) is 0.273. The number of hydrogen-bond donors (Lipinski definition) is 5. The summed E-state index contributed by atoms with van der Waals surface area (Å²) in [6.07, 6.45) is 0.626. The number of carboxylic acid groups (broad SMARTS) is 2. The first kappa shape index (κ1) is 27.0. The van der Waals surface area contributed by atoms with Gasteiger partial charge in [-0.2, -0.15) is 4.98 Å². The minimum atomic E-state index is -1.38. The molecule has 194 valence electrons. The Labute approximate surface area is 213 Å². The highest BCUT2D eigenvalue weighted by Crippen LogP contribution is 2.20. The van der Waals surface area contributed by atoms with Crippen molar-refractivity contribution in [2.75, 3.05) is 16.5 Å². The fourth-order valence-electron chi connectivity index (χ4n) is 3.31. The highest BCUT2D eigenvalue weighted by molar-refractivity contribution is 6.19. The van der Waals surface area contributed by atoms with E-state index in [9.17, 15) is 29.1 Å². The van der Waals surface area contributed by atoms with Gasteiger partial charge in [0.2, 0.25) is 11.9 Å². The van der Waals surface area contributed by atoms with Crippen LogP contribution in [0.3, 0.4) is 0 Å². The van der Waals surface area contributed by atoms with Crippen molar-refractivity contribution < 1.29 is 29.4 Å². The van der Waals surface area contributed by atoms with E-state index in [0.717, 1.165) is 0 Å². The highest BCUT2D eigenvalue weighted by Gasteiger charge is 2.22. The molecule has 6 N–H and O–H groups in total. The highest BCUT2D eigenvalue weighted by atomic mass is 35.5. The zero-order chi connectivity index (χ0) is 27.1. The molecule has 0 saturated heterocycles. The number of nitrogens with two attached hydrogens (primary N) is 1. The molecule has 3 aromatic rings. The number of carboxylic acids is 2. The molecule has 0 aliphatic heterocycles. The molecule has 0 aliphatic carbocycles. The van der Waals surface area contributed by atoms with Crippen molar-refractivity contribution >= 4 is 58.2 Å². The summed E-state index contributed by atoms with van der Waals surface area (Å²) in [5.74, 6) is -3.70. The van der Waals surface area contributed by atoms with E-state index in [2.05, 4.69) is 25.3 Å². The molecule has 3 rings (SSSR count). The van der Waals surface area contributed by atoms with Crippen molar-refractivity contribution in [1.82, 2.24) is 25.3 Å². The largest absolute Gasteiger partial charge is 0.481 e. The standard InChI is InChI=1S/C22H22ClN7O7/c23-8-7-15(31)30(10-12-9-25-18-17(26-12)20(35)29-22(24)28-18)13-3-1-11(2-4-13)19(34)27-14(21(36)37)5-6-16(32)33/h1-4,9,14H,5-8,10H2,(H,27,34)(H,32,33)(H,36,37)(H3,24,25,28,29,35). The van der Waals surface area contributed by atoms with Crippen LogP contribution >= 0.6 is 11.6 Å². The second-order valence-electron chi connectivity index (χ2n) is 7.75. The Morgan fingerprint density at radius 3 is 2.43 bits per heavy atom. The number of carbonyl (C=O) groups is 4. The van der Waals surface area contributed by atoms with Crippen LogP contribution in [0.2, 0.25) is 0 Å². The number of halogens is 1. The SMILES string of the molecule is Nc1nc2ncc(CN(C(=O)CCCl)c3ccc(C(=O)NC(CCC(=O)O)C(=O)O)cc3)nc2c(=O)[nH]1. The number of nitrogens with one attached hydrogen (secondary N) is 2. The second kappa shape index (κ2) is 11.9. The lowest BCUT2D eigenvalue weighted by Gasteiger charge is -2.22. The lowest BCUT2D eigenvalue weighted by Crippen LogP contribution is -2.41. The number of aromatic nitrogens is 4. The van der Waals surface area contributed by atoms with Crippen LogP contribution in [0.5, 0.6) is 0 Å². The topological polar surface area (TPSA) is 222 Å². The first-order valence-corrected chi connectivity index (χ1v) is 11.4. The zero-order valence-electron chi connectivity index (χ0n) is 19.2. The summed E-state index contributed by atoms with van der Waals surface area (Å²) in [6.45, 7) is -0.0791. The molecule has 2 aromatic heterocycles. The van der Waals surface area contributed by atoms with Gasteiger partial charge in [-0.3, -0.25) is 24.2 Å². The average Bonchev–Trinajstić information content (AvgIpc) is 2.85. The summed E-state index contributed by atoms with van der Waals surface area (Å²) in [6, 6.07) is 4.32. The number of alkyl halides is 1. The third-order valence-corrected chi connectivity index (χ3v) is 5.30. The molecule has 0 aliphatic rings. The van der Waals surface area contributed by atoms with Crippen molar-refractivity contribution in [3.8, 4) is 0 Å². The Hall–Kier alpha value is -4.59. The molecule has 14 nitrogen and oxygen atoms in total. The average molecular weight is 532 g/mol. The second-order valence-corrected chi connectivity index (χ2v) is 8.13. The Kier molecular flexibility index (Phi) is 8.68. The number of aliphatic carboxylic acids is 2. The Morgan fingerprint density at radius 2 is 1.81 bits per heavy atom. The number of nitrogens with zero attached hydrogens (tertiary/aromatic N) is 4. The lowest BCUT2D eigenvalue weighted by atomic mass is 10.1. The fourth-order valence-corrected chi connectivity index (χ4v) is 3.47. The van der Waals surface area contributed by atoms with Gasteiger partial charge < -0.3 is 26.2 Å². The zero-order valence-corrected chi connectivity index (χ0v) is 19.9. The smallest absolute Gasteiger partial charge is 0.326 e. The number of hydrogen-bond acceptors (Lipinski definition) is 9. The number of amides is 2. The number of rotatable bonds is 11. The molecule has 15 heteroatoms. The van der Waals surface area contributed by atoms with Crippen LogP contribution in [0, 0.1) is 0 Å². The molecule has 0 fully saturated rings. The van der Waals surface area contributed by atoms with Gasteiger partial charge in [0, 0.05) is 30.0 Å². The minimum Gasteiger partial charge on any atom is -0.481 e. The first-order chi connectivity index (χ1) is 17.6. The van der Waals surface area contributed by atoms with Gasteiger partial charge in [-0.05, 0) is 30.7 Å². The van der Waals surface area contributed by atoms with Crippen LogP contribution in [-0.4, -0.2) is 65.8 Å². The predicted octanol–water partition coefficient (Wildman–Crippen LogP) is 0.505. The third kappa shape index (κ3) is 6.98. The van der Waals surface area contributed by atoms with E-state index in [0.29, 0.717) is 5.69 Å². The molecule has 2 heterocycles. The number of H-pyrrole nitrogens is 1. The van der Waals surface area contributed by atoms with Crippen LogP contribution in [0.4, 0.5) is 11.6 Å². The van der Waals surface area contributed by atoms with Gasteiger partial charge in [0.15, 0.2) is 11.2 Å². The van der Waals surface area contributed by atoms with E-state index in [4.69, 9.17) is 22.4 Å². The van der Waals surface area contributed by atoms with Crippen LogP contribution in [0.15, 0.2) is 35.3 Å². The van der Waals surface area contributed by atoms with Crippen molar-refractivity contribution in [3.05, 3.63) is 52.1 Å². The number of benzene rings is 1. The van der Waals surface area contributed by atoms with E-state index in [1.807, 2.05) is 0 Å². The van der Waals surface area contributed by atoms with Crippen LogP contribution in [0.25, 0.3) is 11.2 Å². The van der Waals surface area contributed by atoms with E-state index >= 15 is 0 Å². The summed E-state index contributed by atoms with van der Waals surface area (Å²) in [5, 5.41) is 20.3. The molecule has 37 heavy (non-hydrogen) atoms. The van der Waals surface area contributed by atoms with Gasteiger partial charge in [-0.1, -0.05) is 0 Å². The van der Waals surface area contributed by atoms with Gasteiger partial charge in [0.25, 0.3) is 11.5 Å². The number of fused-ring (bicyclic) bond motifs is 1. The van der Waals surface area contributed by atoms with Gasteiger partial charge in [0.05, 0.1) is 18.4 Å². The van der Waals surface area contributed by atoms with Gasteiger partial charge in [0.1, 0.15) is 6.04 Å². The predicted molar refractivity (Wildman–Crippen MR) is 131 cm³/mol. The maximum atomic E-state index is 12.8. The van der Waals surface area contributed by atoms with Crippen molar-refractivity contribution in [1.29, 1.82) is 0 Å². The molecular weight excluding hydrogens is 510 g/mol. The number of anilines is 2. The van der Waals surface area contributed by atoms with Gasteiger partial charge in [-0.15, -0.1) is 11.6 Å². The molecule has 0 spiro atoms. The van der Waals surface area contributed by atoms with E-state index < -0.39 is 35.9 Å². The summed E-state index contributed by atoms with van der Waals surface area (Å²) in [5.41, 5.74) is 5.65. The van der Waals surface area contributed by atoms with Crippen LogP contribution in [-0.2, 0) is 20.9 Å². The first-order valence-electron chi connectivity index (χ1n) is 10.8. The van der Waals surface area contributed by atoms with E-state index in [-0.39, 0.29) is 59.5 Å².